The lowest BCUT2D eigenvalue weighted by molar-refractivity contribution is 0.399. The van der Waals surface area contributed by atoms with Gasteiger partial charge in [-0.1, -0.05) is 37.6 Å². The zero-order valence-corrected chi connectivity index (χ0v) is 11.6. The Hall–Kier alpha value is -0.530. The highest BCUT2D eigenvalue weighted by molar-refractivity contribution is 6.30. The van der Waals surface area contributed by atoms with Gasteiger partial charge in [-0.15, -0.1) is 0 Å². The van der Waals surface area contributed by atoms with Gasteiger partial charge in [0, 0.05) is 17.6 Å². The minimum absolute atomic E-state index is 0.442. The van der Waals surface area contributed by atoms with E-state index in [9.17, 15) is 0 Å². The molecule has 94 valence electrons. The SMILES string of the molecule is CCC(NCC1(CC)CC1)c1cccc(Cl)c1. The maximum absolute atomic E-state index is 6.05. The average molecular weight is 252 g/mol. The van der Waals surface area contributed by atoms with Crippen molar-refractivity contribution in [2.45, 2.75) is 45.6 Å². The van der Waals surface area contributed by atoms with Crippen molar-refractivity contribution in [2.75, 3.05) is 6.54 Å². The first kappa shape index (κ1) is 12.9. The van der Waals surface area contributed by atoms with Gasteiger partial charge in [0.2, 0.25) is 0 Å². The first-order valence-corrected chi connectivity index (χ1v) is 7.06. The van der Waals surface area contributed by atoms with E-state index in [1.54, 1.807) is 0 Å². The van der Waals surface area contributed by atoms with E-state index in [0.717, 1.165) is 18.0 Å². The fourth-order valence-corrected chi connectivity index (χ4v) is 2.59. The molecular formula is C15H22ClN. The molecule has 1 fully saturated rings. The summed E-state index contributed by atoms with van der Waals surface area (Å²) in [6.45, 7) is 5.67. The molecule has 1 unspecified atom stereocenters. The molecular weight excluding hydrogens is 230 g/mol. The van der Waals surface area contributed by atoms with E-state index in [-0.39, 0.29) is 0 Å². The number of hydrogen-bond donors (Lipinski definition) is 1. The van der Waals surface area contributed by atoms with Crippen molar-refractivity contribution >= 4 is 11.6 Å². The number of nitrogens with one attached hydrogen (secondary N) is 1. The van der Waals surface area contributed by atoms with E-state index in [2.05, 4.69) is 31.3 Å². The molecule has 1 aliphatic rings. The summed E-state index contributed by atoms with van der Waals surface area (Å²) in [7, 11) is 0. The minimum Gasteiger partial charge on any atom is -0.309 e. The number of rotatable bonds is 6. The van der Waals surface area contributed by atoms with Gasteiger partial charge < -0.3 is 5.32 Å². The zero-order chi connectivity index (χ0) is 12.3. The molecule has 0 aliphatic heterocycles. The van der Waals surface area contributed by atoms with Gasteiger partial charge in [0.15, 0.2) is 0 Å². The van der Waals surface area contributed by atoms with Crippen molar-refractivity contribution in [3.63, 3.8) is 0 Å². The maximum Gasteiger partial charge on any atom is 0.0409 e. The summed E-state index contributed by atoms with van der Waals surface area (Å²) in [6, 6.07) is 8.66. The quantitative estimate of drug-likeness (QED) is 0.781. The zero-order valence-electron chi connectivity index (χ0n) is 10.8. The molecule has 0 amide bonds. The van der Waals surface area contributed by atoms with Gasteiger partial charge in [0.25, 0.3) is 0 Å². The van der Waals surface area contributed by atoms with Crippen LogP contribution in [-0.4, -0.2) is 6.54 Å². The highest BCUT2D eigenvalue weighted by Crippen LogP contribution is 2.48. The number of hydrogen-bond acceptors (Lipinski definition) is 1. The summed E-state index contributed by atoms with van der Waals surface area (Å²) < 4.78 is 0. The van der Waals surface area contributed by atoms with Gasteiger partial charge in [-0.2, -0.15) is 0 Å². The van der Waals surface area contributed by atoms with E-state index < -0.39 is 0 Å². The fraction of sp³-hybridized carbons (Fsp3) is 0.600. The first-order valence-electron chi connectivity index (χ1n) is 6.68. The summed E-state index contributed by atoms with van der Waals surface area (Å²) in [5.74, 6) is 0. The Balaban J connectivity index is 1.97. The van der Waals surface area contributed by atoms with E-state index in [4.69, 9.17) is 11.6 Å². The second-order valence-electron chi connectivity index (χ2n) is 5.25. The highest BCUT2D eigenvalue weighted by atomic mass is 35.5. The van der Waals surface area contributed by atoms with Gasteiger partial charge in [0.05, 0.1) is 0 Å². The lowest BCUT2D eigenvalue weighted by Crippen LogP contribution is -2.27. The molecule has 0 saturated heterocycles. The van der Waals surface area contributed by atoms with Gasteiger partial charge >= 0.3 is 0 Å². The van der Waals surface area contributed by atoms with Gasteiger partial charge in [0.1, 0.15) is 0 Å². The number of benzene rings is 1. The molecule has 1 aromatic carbocycles. The van der Waals surface area contributed by atoms with E-state index in [1.165, 1.54) is 24.8 Å². The third kappa shape index (κ3) is 3.23. The van der Waals surface area contributed by atoms with E-state index >= 15 is 0 Å². The van der Waals surface area contributed by atoms with Crippen molar-refractivity contribution in [3.05, 3.63) is 34.9 Å². The molecule has 2 rings (SSSR count). The third-order valence-corrected chi connectivity index (χ3v) is 4.32. The summed E-state index contributed by atoms with van der Waals surface area (Å²) in [5.41, 5.74) is 1.92. The monoisotopic (exact) mass is 251 g/mol. The second kappa shape index (κ2) is 5.41. The van der Waals surface area contributed by atoms with Gasteiger partial charge in [-0.25, -0.2) is 0 Å². The van der Waals surface area contributed by atoms with Crippen molar-refractivity contribution in [1.29, 1.82) is 0 Å². The molecule has 1 nitrogen and oxygen atoms in total. The van der Waals surface area contributed by atoms with Crippen LogP contribution in [-0.2, 0) is 0 Å². The predicted molar refractivity (Wildman–Crippen MR) is 74.4 cm³/mol. The van der Waals surface area contributed by atoms with Crippen LogP contribution in [0.3, 0.4) is 0 Å². The standard InChI is InChI=1S/C15H22ClN/c1-3-14(12-6-5-7-13(16)10-12)17-11-15(4-2)8-9-15/h5-7,10,14,17H,3-4,8-9,11H2,1-2H3. The third-order valence-electron chi connectivity index (χ3n) is 4.09. The largest absolute Gasteiger partial charge is 0.309 e. The van der Waals surface area contributed by atoms with Gasteiger partial charge in [-0.05, 0) is 48.8 Å². The Bertz CT molecular complexity index is 371. The molecule has 2 heteroatoms. The topological polar surface area (TPSA) is 12.0 Å². The van der Waals surface area contributed by atoms with Crippen LogP contribution in [0.5, 0.6) is 0 Å². The average Bonchev–Trinajstić information content (AvgIpc) is 3.11. The van der Waals surface area contributed by atoms with Crippen LogP contribution < -0.4 is 5.32 Å². The van der Waals surface area contributed by atoms with Crippen molar-refractivity contribution in [3.8, 4) is 0 Å². The van der Waals surface area contributed by atoms with Gasteiger partial charge in [-0.3, -0.25) is 0 Å². The minimum atomic E-state index is 0.442. The van der Waals surface area contributed by atoms with Crippen LogP contribution in [0.4, 0.5) is 0 Å². The molecule has 0 heterocycles. The summed E-state index contributed by atoms with van der Waals surface area (Å²) in [4.78, 5) is 0. The molecule has 1 N–H and O–H groups in total. The summed E-state index contributed by atoms with van der Waals surface area (Å²) in [5, 5.41) is 4.54. The molecule has 0 spiro atoms. The Labute approximate surface area is 110 Å². The highest BCUT2D eigenvalue weighted by Gasteiger charge is 2.40. The molecule has 1 aromatic rings. The maximum atomic E-state index is 6.05. The van der Waals surface area contributed by atoms with Crippen LogP contribution >= 0.6 is 11.6 Å². The molecule has 0 radical (unpaired) electrons. The number of halogens is 1. The van der Waals surface area contributed by atoms with Crippen molar-refractivity contribution in [1.82, 2.24) is 5.32 Å². The lowest BCUT2D eigenvalue weighted by atomic mass is 10.0. The molecule has 1 atom stereocenters. The predicted octanol–water partition coefficient (Wildman–Crippen LogP) is 4.57. The molecule has 1 aliphatic carbocycles. The Kier molecular flexibility index (Phi) is 4.11. The van der Waals surface area contributed by atoms with Crippen LogP contribution in [0, 0.1) is 5.41 Å². The summed E-state index contributed by atoms with van der Waals surface area (Å²) in [6.07, 6.45) is 5.19. The van der Waals surface area contributed by atoms with E-state index in [1.807, 2.05) is 12.1 Å². The fourth-order valence-electron chi connectivity index (χ4n) is 2.39. The Morgan fingerprint density at radius 2 is 2.12 bits per heavy atom. The molecule has 0 bridgehead atoms. The van der Waals surface area contributed by atoms with Crippen molar-refractivity contribution in [2.24, 2.45) is 5.41 Å². The van der Waals surface area contributed by atoms with Crippen LogP contribution in [0.1, 0.15) is 51.1 Å². The summed E-state index contributed by atoms with van der Waals surface area (Å²) >= 11 is 6.05. The van der Waals surface area contributed by atoms with Crippen LogP contribution in [0.25, 0.3) is 0 Å². The van der Waals surface area contributed by atoms with E-state index in [0.29, 0.717) is 11.5 Å². The van der Waals surface area contributed by atoms with Crippen molar-refractivity contribution < 1.29 is 0 Å². The molecule has 17 heavy (non-hydrogen) atoms. The smallest absolute Gasteiger partial charge is 0.0409 e. The second-order valence-corrected chi connectivity index (χ2v) is 5.69. The Morgan fingerprint density at radius 3 is 2.65 bits per heavy atom. The normalized spacial score (nSPS) is 19.0. The van der Waals surface area contributed by atoms with Crippen LogP contribution in [0.2, 0.25) is 5.02 Å². The lowest BCUT2D eigenvalue weighted by Gasteiger charge is -2.21. The van der Waals surface area contributed by atoms with Crippen LogP contribution in [0.15, 0.2) is 24.3 Å². The Morgan fingerprint density at radius 1 is 1.35 bits per heavy atom. The first-order chi connectivity index (χ1) is 8.19. The molecule has 0 aromatic heterocycles. The molecule has 1 saturated carbocycles.